The van der Waals surface area contributed by atoms with Crippen molar-refractivity contribution < 1.29 is 17.9 Å². The Labute approximate surface area is 145 Å². The lowest BCUT2D eigenvalue weighted by atomic mass is 9.75. The molecule has 1 aromatic carbocycles. The van der Waals surface area contributed by atoms with E-state index >= 15 is 0 Å². The van der Waals surface area contributed by atoms with Crippen LogP contribution in [0.15, 0.2) is 29.2 Å². The topological polar surface area (TPSA) is 63.7 Å². The van der Waals surface area contributed by atoms with Crippen molar-refractivity contribution >= 4 is 16.0 Å². The first kappa shape index (κ1) is 18.9. The lowest BCUT2D eigenvalue weighted by Gasteiger charge is -2.44. The monoisotopic (exact) mass is 353 g/mol. The standard InChI is InChI=1S/C18H27NO4S/c1-5-18(6-2)11-16(23-15(4)20)12-19(13-18)24(21,22)17-9-7-14(3)8-10-17/h7-10,16H,5-6,11-13H2,1-4H3/t16-/m1/s1. The first-order valence-electron chi connectivity index (χ1n) is 8.46. The maximum Gasteiger partial charge on any atom is 0.302 e. The number of ether oxygens (including phenoxy) is 1. The van der Waals surface area contributed by atoms with E-state index in [-0.39, 0.29) is 22.8 Å². The smallest absolute Gasteiger partial charge is 0.302 e. The molecule has 5 nitrogen and oxygen atoms in total. The minimum absolute atomic E-state index is 0.157. The van der Waals surface area contributed by atoms with Crippen LogP contribution in [0.25, 0.3) is 0 Å². The van der Waals surface area contributed by atoms with Gasteiger partial charge in [-0.3, -0.25) is 4.79 Å². The normalized spacial score (nSPS) is 21.4. The summed E-state index contributed by atoms with van der Waals surface area (Å²) in [6, 6.07) is 6.87. The molecule has 0 amide bonds. The highest BCUT2D eigenvalue weighted by Gasteiger charge is 2.43. The largest absolute Gasteiger partial charge is 0.461 e. The molecule has 134 valence electrons. The molecule has 0 spiro atoms. The Morgan fingerprint density at radius 1 is 1.25 bits per heavy atom. The number of sulfonamides is 1. The zero-order chi connectivity index (χ0) is 18.0. The van der Waals surface area contributed by atoms with E-state index in [0.29, 0.717) is 13.0 Å². The number of hydrogen-bond donors (Lipinski definition) is 0. The molecule has 1 heterocycles. The van der Waals surface area contributed by atoms with Gasteiger partial charge in [-0.05, 0) is 43.7 Å². The second-order valence-corrected chi connectivity index (χ2v) is 8.69. The van der Waals surface area contributed by atoms with Gasteiger partial charge in [-0.1, -0.05) is 31.5 Å². The lowest BCUT2D eigenvalue weighted by molar-refractivity contribution is -0.150. The van der Waals surface area contributed by atoms with Crippen molar-refractivity contribution in [2.75, 3.05) is 13.1 Å². The highest BCUT2D eigenvalue weighted by molar-refractivity contribution is 7.89. The third kappa shape index (κ3) is 3.98. The van der Waals surface area contributed by atoms with E-state index in [4.69, 9.17) is 4.74 Å². The summed E-state index contributed by atoms with van der Waals surface area (Å²) < 4.78 is 32.9. The van der Waals surface area contributed by atoms with Crippen LogP contribution in [-0.4, -0.2) is 37.9 Å². The van der Waals surface area contributed by atoms with Gasteiger partial charge in [-0.25, -0.2) is 8.42 Å². The van der Waals surface area contributed by atoms with Crippen LogP contribution in [0.4, 0.5) is 0 Å². The molecule has 0 radical (unpaired) electrons. The SMILES string of the molecule is CCC1(CC)C[C@@H](OC(C)=O)CN(S(=O)(=O)c2ccc(C)cc2)C1. The van der Waals surface area contributed by atoms with Crippen molar-refractivity contribution in [1.82, 2.24) is 4.31 Å². The summed E-state index contributed by atoms with van der Waals surface area (Å²) in [6.07, 6.45) is 2.01. The third-order valence-corrected chi connectivity index (χ3v) is 6.90. The number of benzene rings is 1. The molecule has 0 bridgehead atoms. The van der Waals surface area contributed by atoms with Crippen LogP contribution in [0, 0.1) is 12.3 Å². The fourth-order valence-corrected chi connectivity index (χ4v) is 4.98. The van der Waals surface area contributed by atoms with Crippen molar-refractivity contribution in [2.24, 2.45) is 5.41 Å². The van der Waals surface area contributed by atoms with Crippen molar-refractivity contribution in [3.8, 4) is 0 Å². The number of nitrogens with zero attached hydrogens (tertiary/aromatic N) is 1. The van der Waals surface area contributed by atoms with E-state index in [2.05, 4.69) is 13.8 Å². The van der Waals surface area contributed by atoms with Crippen molar-refractivity contribution in [3.63, 3.8) is 0 Å². The van der Waals surface area contributed by atoms with Crippen molar-refractivity contribution in [2.45, 2.75) is 58.0 Å². The number of carbonyl (C=O) groups excluding carboxylic acids is 1. The highest BCUT2D eigenvalue weighted by atomic mass is 32.2. The lowest BCUT2D eigenvalue weighted by Crippen LogP contribution is -2.52. The van der Waals surface area contributed by atoms with Gasteiger partial charge in [-0.2, -0.15) is 4.31 Å². The molecular weight excluding hydrogens is 326 g/mol. The number of rotatable bonds is 5. The van der Waals surface area contributed by atoms with Gasteiger partial charge in [0.1, 0.15) is 6.10 Å². The average Bonchev–Trinajstić information content (AvgIpc) is 2.54. The Morgan fingerprint density at radius 2 is 1.83 bits per heavy atom. The Morgan fingerprint density at radius 3 is 2.33 bits per heavy atom. The molecule has 0 N–H and O–H groups in total. The summed E-state index contributed by atoms with van der Waals surface area (Å²) in [4.78, 5) is 11.7. The van der Waals surface area contributed by atoms with Gasteiger partial charge in [0.25, 0.3) is 0 Å². The Bertz CT molecular complexity index is 677. The molecule has 1 atom stereocenters. The summed E-state index contributed by atoms with van der Waals surface area (Å²) in [7, 11) is -3.60. The Balaban J connectivity index is 2.35. The predicted octanol–water partition coefficient (Wildman–Crippen LogP) is 3.13. The number of hydrogen-bond acceptors (Lipinski definition) is 4. The van der Waals surface area contributed by atoms with Gasteiger partial charge in [0.2, 0.25) is 10.0 Å². The molecule has 6 heteroatoms. The minimum Gasteiger partial charge on any atom is -0.461 e. The molecule has 2 rings (SSSR count). The van der Waals surface area contributed by atoms with Crippen LogP contribution in [-0.2, 0) is 19.6 Å². The predicted molar refractivity (Wildman–Crippen MR) is 93.1 cm³/mol. The van der Waals surface area contributed by atoms with Gasteiger partial charge in [0.05, 0.1) is 11.4 Å². The van der Waals surface area contributed by atoms with Crippen LogP contribution in [0.2, 0.25) is 0 Å². The molecule has 0 saturated carbocycles. The fourth-order valence-electron chi connectivity index (χ4n) is 3.40. The summed E-state index contributed by atoms with van der Waals surface area (Å²) in [5.74, 6) is -0.365. The van der Waals surface area contributed by atoms with Crippen LogP contribution in [0.5, 0.6) is 0 Å². The quantitative estimate of drug-likeness (QED) is 0.763. The van der Waals surface area contributed by atoms with Crippen LogP contribution in [0.3, 0.4) is 0 Å². The fraction of sp³-hybridized carbons (Fsp3) is 0.611. The summed E-state index contributed by atoms with van der Waals surface area (Å²) >= 11 is 0. The van der Waals surface area contributed by atoms with Gasteiger partial charge in [-0.15, -0.1) is 0 Å². The van der Waals surface area contributed by atoms with Crippen molar-refractivity contribution in [1.29, 1.82) is 0 Å². The third-order valence-electron chi connectivity index (χ3n) is 5.07. The maximum atomic E-state index is 13.0. The number of esters is 1. The first-order valence-corrected chi connectivity index (χ1v) is 9.90. The van der Waals surface area contributed by atoms with E-state index in [1.807, 2.05) is 6.92 Å². The van der Waals surface area contributed by atoms with Gasteiger partial charge in [0, 0.05) is 13.5 Å². The molecule has 0 aliphatic carbocycles. The minimum atomic E-state index is -3.60. The maximum absolute atomic E-state index is 13.0. The molecule has 1 aliphatic heterocycles. The Kier molecular flexibility index (Phi) is 5.71. The molecule has 0 unspecified atom stereocenters. The van der Waals surface area contributed by atoms with Gasteiger partial charge >= 0.3 is 5.97 Å². The van der Waals surface area contributed by atoms with E-state index in [1.54, 1.807) is 24.3 Å². The van der Waals surface area contributed by atoms with E-state index < -0.39 is 16.1 Å². The summed E-state index contributed by atoms with van der Waals surface area (Å²) in [6.45, 7) is 8.11. The summed E-state index contributed by atoms with van der Waals surface area (Å²) in [5.41, 5.74) is 0.859. The second-order valence-electron chi connectivity index (χ2n) is 6.75. The molecule has 1 saturated heterocycles. The average molecular weight is 353 g/mol. The van der Waals surface area contributed by atoms with Crippen LogP contribution in [0.1, 0.15) is 45.6 Å². The van der Waals surface area contributed by atoms with Gasteiger partial charge < -0.3 is 4.74 Å². The number of carbonyl (C=O) groups is 1. The zero-order valence-corrected chi connectivity index (χ0v) is 15.7. The van der Waals surface area contributed by atoms with Gasteiger partial charge in [0.15, 0.2) is 0 Å². The van der Waals surface area contributed by atoms with Crippen LogP contribution < -0.4 is 0 Å². The first-order chi connectivity index (χ1) is 11.2. The van der Waals surface area contributed by atoms with E-state index in [0.717, 1.165) is 18.4 Å². The molecule has 1 aliphatic rings. The molecule has 1 aromatic rings. The Hall–Kier alpha value is -1.40. The number of piperidine rings is 1. The second kappa shape index (κ2) is 7.23. The zero-order valence-electron chi connectivity index (χ0n) is 14.9. The van der Waals surface area contributed by atoms with E-state index in [1.165, 1.54) is 11.2 Å². The molecule has 1 fully saturated rings. The summed E-state index contributed by atoms with van der Waals surface area (Å²) in [5, 5.41) is 0. The molecular formula is C18H27NO4S. The molecule has 0 aromatic heterocycles. The molecule has 24 heavy (non-hydrogen) atoms. The van der Waals surface area contributed by atoms with E-state index in [9.17, 15) is 13.2 Å². The highest BCUT2D eigenvalue weighted by Crippen LogP contribution is 2.39. The number of aryl methyl sites for hydroxylation is 1. The van der Waals surface area contributed by atoms with Crippen LogP contribution >= 0.6 is 0 Å². The van der Waals surface area contributed by atoms with Crippen molar-refractivity contribution in [3.05, 3.63) is 29.8 Å².